The van der Waals surface area contributed by atoms with Crippen LogP contribution in [0, 0.1) is 19.7 Å². The van der Waals surface area contributed by atoms with E-state index in [1.807, 2.05) is 13.8 Å². The van der Waals surface area contributed by atoms with Crippen LogP contribution in [0.1, 0.15) is 32.9 Å². The molecule has 0 aliphatic heterocycles. The second kappa shape index (κ2) is 8.49. The monoisotopic (exact) mass is 368 g/mol. The first-order valence-electron chi connectivity index (χ1n) is 8.71. The van der Waals surface area contributed by atoms with Crippen LogP contribution in [-0.2, 0) is 13.0 Å². The number of hydrogen-bond acceptors (Lipinski definition) is 4. The van der Waals surface area contributed by atoms with E-state index >= 15 is 0 Å². The minimum Gasteiger partial charge on any atom is -0.489 e. The molecule has 0 saturated heterocycles. The van der Waals surface area contributed by atoms with Crippen LogP contribution in [0.5, 0.6) is 5.75 Å². The zero-order chi connectivity index (χ0) is 19.2. The van der Waals surface area contributed by atoms with Crippen molar-refractivity contribution >= 4 is 5.91 Å². The van der Waals surface area contributed by atoms with E-state index in [9.17, 15) is 9.18 Å². The summed E-state index contributed by atoms with van der Waals surface area (Å²) in [5, 5.41) is 6.70. The number of amides is 1. The number of carbonyl (C=O) groups is 1. The van der Waals surface area contributed by atoms with Crippen LogP contribution in [0.4, 0.5) is 4.39 Å². The minimum absolute atomic E-state index is 0.228. The van der Waals surface area contributed by atoms with E-state index < -0.39 is 0 Å². The molecule has 0 radical (unpaired) electrons. The van der Waals surface area contributed by atoms with Gasteiger partial charge in [-0.05, 0) is 50.1 Å². The lowest BCUT2D eigenvalue weighted by atomic mass is 10.1. The van der Waals surface area contributed by atoms with E-state index in [0.29, 0.717) is 36.4 Å². The van der Waals surface area contributed by atoms with Crippen molar-refractivity contribution in [2.75, 3.05) is 6.54 Å². The van der Waals surface area contributed by atoms with Crippen molar-refractivity contribution in [1.29, 1.82) is 0 Å². The highest BCUT2D eigenvalue weighted by Gasteiger charge is 2.11. The maximum absolute atomic E-state index is 13.6. The van der Waals surface area contributed by atoms with Crippen molar-refractivity contribution in [2.45, 2.75) is 26.9 Å². The van der Waals surface area contributed by atoms with E-state index in [2.05, 4.69) is 10.5 Å². The molecule has 0 aliphatic rings. The molecule has 0 aliphatic carbocycles. The van der Waals surface area contributed by atoms with Crippen LogP contribution < -0.4 is 10.1 Å². The summed E-state index contributed by atoms with van der Waals surface area (Å²) < 4.78 is 24.5. The van der Waals surface area contributed by atoms with Gasteiger partial charge >= 0.3 is 0 Å². The van der Waals surface area contributed by atoms with E-state index in [1.165, 1.54) is 6.07 Å². The number of benzene rings is 2. The maximum Gasteiger partial charge on any atom is 0.251 e. The molecule has 3 rings (SSSR count). The summed E-state index contributed by atoms with van der Waals surface area (Å²) in [6, 6.07) is 13.5. The molecule has 1 N–H and O–H groups in total. The van der Waals surface area contributed by atoms with Crippen LogP contribution >= 0.6 is 0 Å². The van der Waals surface area contributed by atoms with Gasteiger partial charge in [0, 0.05) is 12.1 Å². The average Bonchev–Trinajstić information content (AvgIpc) is 2.99. The molecule has 0 spiro atoms. The average molecular weight is 368 g/mol. The molecule has 0 atom stereocenters. The summed E-state index contributed by atoms with van der Waals surface area (Å²) in [5.41, 5.74) is 2.75. The van der Waals surface area contributed by atoms with Gasteiger partial charge in [0.2, 0.25) is 0 Å². The Balaban J connectivity index is 1.56. The van der Waals surface area contributed by atoms with Gasteiger partial charge < -0.3 is 14.6 Å². The Hall–Kier alpha value is -3.15. The fraction of sp³-hybridized carbons (Fsp3) is 0.238. The molecule has 140 valence electrons. The molecule has 0 bridgehead atoms. The first-order valence-corrected chi connectivity index (χ1v) is 8.71. The van der Waals surface area contributed by atoms with Crippen LogP contribution in [0.2, 0.25) is 0 Å². The lowest BCUT2D eigenvalue weighted by molar-refractivity contribution is 0.0953. The molecule has 1 amide bonds. The molecule has 6 heteroatoms. The molecular weight excluding hydrogens is 347 g/mol. The van der Waals surface area contributed by atoms with Crippen molar-refractivity contribution in [1.82, 2.24) is 10.5 Å². The Morgan fingerprint density at radius 2 is 2.00 bits per heavy atom. The molecule has 1 aromatic heterocycles. The van der Waals surface area contributed by atoms with E-state index in [4.69, 9.17) is 9.26 Å². The Bertz CT molecular complexity index is 917. The fourth-order valence-electron chi connectivity index (χ4n) is 2.70. The van der Waals surface area contributed by atoms with Gasteiger partial charge in [0.25, 0.3) is 5.91 Å². The van der Waals surface area contributed by atoms with Gasteiger partial charge in [-0.1, -0.05) is 29.4 Å². The summed E-state index contributed by atoms with van der Waals surface area (Å²) in [6.45, 7) is 4.36. The lowest BCUT2D eigenvalue weighted by Crippen LogP contribution is -2.25. The third-order valence-corrected chi connectivity index (χ3v) is 4.30. The maximum atomic E-state index is 13.6. The first kappa shape index (κ1) is 18.6. The number of hydrogen-bond donors (Lipinski definition) is 1. The summed E-state index contributed by atoms with van der Waals surface area (Å²) in [5.74, 6) is 0.807. The quantitative estimate of drug-likeness (QED) is 0.685. The predicted molar refractivity (Wildman–Crippen MR) is 99.2 cm³/mol. The first-order chi connectivity index (χ1) is 13.0. The molecule has 1 heterocycles. The zero-order valence-corrected chi connectivity index (χ0v) is 15.3. The number of carbonyl (C=O) groups excluding carboxylic acids is 1. The Labute approximate surface area is 157 Å². The van der Waals surface area contributed by atoms with Gasteiger partial charge in [-0.2, -0.15) is 0 Å². The SMILES string of the molecule is Cc1noc(C)c1COc1cccc(C(=O)NCCc2ccccc2F)c1. The van der Waals surface area contributed by atoms with Crippen molar-refractivity contribution in [3.05, 3.63) is 82.5 Å². The Morgan fingerprint density at radius 1 is 1.19 bits per heavy atom. The lowest BCUT2D eigenvalue weighted by Gasteiger charge is -2.09. The minimum atomic E-state index is -0.263. The standard InChI is InChI=1S/C21H21FN2O3/c1-14-19(15(2)27-24-14)13-26-18-8-5-7-17(12-18)21(25)23-11-10-16-6-3-4-9-20(16)22/h3-9,12H,10-11,13H2,1-2H3,(H,23,25). The van der Waals surface area contributed by atoms with E-state index in [1.54, 1.807) is 42.5 Å². The molecule has 5 nitrogen and oxygen atoms in total. The van der Waals surface area contributed by atoms with Crippen molar-refractivity contribution < 1.29 is 18.4 Å². The van der Waals surface area contributed by atoms with Gasteiger partial charge in [0.1, 0.15) is 23.9 Å². The predicted octanol–water partition coefficient (Wildman–Crippen LogP) is 3.98. The molecule has 2 aromatic carbocycles. The number of aryl methyl sites for hydroxylation is 2. The van der Waals surface area contributed by atoms with Crippen LogP contribution in [0.15, 0.2) is 53.1 Å². The zero-order valence-electron chi connectivity index (χ0n) is 15.3. The highest BCUT2D eigenvalue weighted by Crippen LogP contribution is 2.18. The van der Waals surface area contributed by atoms with Gasteiger partial charge in [0.05, 0.1) is 11.3 Å². The van der Waals surface area contributed by atoms with Gasteiger partial charge in [-0.25, -0.2) is 4.39 Å². The Kier molecular flexibility index (Phi) is 5.86. The largest absolute Gasteiger partial charge is 0.489 e. The van der Waals surface area contributed by atoms with E-state index in [-0.39, 0.29) is 11.7 Å². The summed E-state index contributed by atoms with van der Waals surface area (Å²) in [7, 11) is 0. The molecular formula is C21H21FN2O3. The summed E-state index contributed by atoms with van der Waals surface area (Å²) in [4.78, 5) is 12.3. The number of nitrogens with zero attached hydrogens (tertiary/aromatic N) is 1. The van der Waals surface area contributed by atoms with Gasteiger partial charge in [0.15, 0.2) is 0 Å². The van der Waals surface area contributed by atoms with Gasteiger partial charge in [-0.3, -0.25) is 4.79 Å². The number of halogens is 1. The summed E-state index contributed by atoms with van der Waals surface area (Å²) >= 11 is 0. The molecule has 0 unspecified atom stereocenters. The van der Waals surface area contributed by atoms with Gasteiger partial charge in [-0.15, -0.1) is 0 Å². The molecule has 27 heavy (non-hydrogen) atoms. The number of rotatable bonds is 7. The smallest absolute Gasteiger partial charge is 0.251 e. The highest BCUT2D eigenvalue weighted by molar-refractivity contribution is 5.94. The topological polar surface area (TPSA) is 64.4 Å². The second-order valence-corrected chi connectivity index (χ2v) is 6.22. The van der Waals surface area contributed by atoms with E-state index in [0.717, 1.165) is 17.0 Å². The molecule has 0 fully saturated rings. The van der Waals surface area contributed by atoms with Crippen LogP contribution in [0.3, 0.4) is 0 Å². The Morgan fingerprint density at radius 3 is 2.74 bits per heavy atom. The summed E-state index contributed by atoms with van der Waals surface area (Å²) in [6.07, 6.45) is 0.431. The van der Waals surface area contributed by atoms with Crippen LogP contribution in [0.25, 0.3) is 0 Å². The van der Waals surface area contributed by atoms with Crippen molar-refractivity contribution in [3.8, 4) is 5.75 Å². The fourth-order valence-corrected chi connectivity index (χ4v) is 2.70. The third kappa shape index (κ3) is 4.73. The molecule has 3 aromatic rings. The number of nitrogens with one attached hydrogen (secondary N) is 1. The number of aromatic nitrogens is 1. The number of ether oxygens (including phenoxy) is 1. The van der Waals surface area contributed by atoms with Crippen molar-refractivity contribution in [3.63, 3.8) is 0 Å². The normalized spacial score (nSPS) is 10.6. The highest BCUT2D eigenvalue weighted by atomic mass is 19.1. The van der Waals surface area contributed by atoms with Crippen LogP contribution in [-0.4, -0.2) is 17.6 Å². The van der Waals surface area contributed by atoms with Crippen molar-refractivity contribution in [2.24, 2.45) is 0 Å². The molecule has 0 saturated carbocycles. The third-order valence-electron chi connectivity index (χ3n) is 4.30. The second-order valence-electron chi connectivity index (χ2n) is 6.22.